The molecule has 3 rings (SSSR count). The van der Waals surface area contributed by atoms with Crippen molar-refractivity contribution in [2.75, 3.05) is 6.61 Å². The summed E-state index contributed by atoms with van der Waals surface area (Å²) in [5.41, 5.74) is 0.631. The third-order valence-corrected chi connectivity index (χ3v) is 4.07. The molecule has 5 atom stereocenters. The topological polar surface area (TPSA) is 146 Å². The van der Waals surface area contributed by atoms with Crippen LogP contribution in [0.2, 0.25) is 0 Å². The first-order valence-electron chi connectivity index (χ1n) is 7.45. The van der Waals surface area contributed by atoms with Crippen LogP contribution in [0.15, 0.2) is 12.1 Å². The number of fused-ring (bicyclic) bond motifs is 1. The molecule has 0 spiro atoms. The van der Waals surface area contributed by atoms with Crippen LogP contribution in [0, 0.1) is 0 Å². The van der Waals surface area contributed by atoms with E-state index in [1.165, 1.54) is 6.07 Å². The van der Waals surface area contributed by atoms with Crippen LogP contribution in [-0.2, 0) is 16.0 Å². The largest absolute Gasteiger partial charge is 0.504 e. The molecule has 1 aromatic rings. The van der Waals surface area contributed by atoms with Gasteiger partial charge in [0.25, 0.3) is 0 Å². The van der Waals surface area contributed by atoms with E-state index in [0.717, 1.165) is 0 Å². The summed E-state index contributed by atoms with van der Waals surface area (Å²) in [6, 6.07) is 2.93. The smallest absolute Gasteiger partial charge is 0.311 e. The Hall–Kier alpha value is -1.91. The summed E-state index contributed by atoms with van der Waals surface area (Å²) in [5.74, 6) is -1.04. The number of esters is 1. The van der Waals surface area contributed by atoms with E-state index in [4.69, 9.17) is 14.2 Å². The van der Waals surface area contributed by atoms with Crippen LogP contribution in [0.4, 0.5) is 0 Å². The Bertz CT molecular complexity index is 630. The molecule has 24 heavy (non-hydrogen) atoms. The number of aliphatic hydroxyl groups is 4. The predicted octanol–water partition coefficient (Wildman–Crippen LogP) is -1.58. The zero-order valence-electron chi connectivity index (χ0n) is 12.5. The molecule has 1 saturated heterocycles. The van der Waals surface area contributed by atoms with Gasteiger partial charge in [0.05, 0.1) is 13.0 Å². The summed E-state index contributed by atoms with van der Waals surface area (Å²) in [6.45, 7) is -0.612. The summed E-state index contributed by atoms with van der Waals surface area (Å²) in [7, 11) is 0. The predicted molar refractivity (Wildman–Crippen MR) is 76.5 cm³/mol. The molecular weight excluding hydrogens is 324 g/mol. The van der Waals surface area contributed by atoms with E-state index in [1.54, 1.807) is 6.07 Å². The maximum atomic E-state index is 11.5. The maximum Gasteiger partial charge on any atom is 0.311 e. The molecule has 5 N–H and O–H groups in total. The second-order valence-corrected chi connectivity index (χ2v) is 5.69. The second-order valence-electron chi connectivity index (χ2n) is 5.69. The lowest BCUT2D eigenvalue weighted by Crippen LogP contribution is -2.60. The number of rotatable bonds is 3. The highest BCUT2D eigenvalue weighted by Crippen LogP contribution is 2.43. The molecule has 132 valence electrons. The summed E-state index contributed by atoms with van der Waals surface area (Å²) < 4.78 is 15.7. The number of hydrogen-bond donors (Lipinski definition) is 5. The van der Waals surface area contributed by atoms with Gasteiger partial charge in [-0.1, -0.05) is 6.07 Å². The molecule has 2 aliphatic rings. The second kappa shape index (κ2) is 6.54. The van der Waals surface area contributed by atoms with Crippen molar-refractivity contribution in [1.82, 2.24) is 0 Å². The summed E-state index contributed by atoms with van der Waals surface area (Å²) in [5, 5.41) is 48.7. The molecule has 0 bridgehead atoms. The Morgan fingerprint density at radius 3 is 2.58 bits per heavy atom. The number of aliphatic hydroxyl groups excluding tert-OH is 4. The molecule has 2 heterocycles. The minimum atomic E-state index is -1.64. The fraction of sp³-hybridized carbons (Fsp3) is 0.533. The van der Waals surface area contributed by atoms with Gasteiger partial charge in [-0.05, 0) is 18.1 Å². The summed E-state index contributed by atoms with van der Waals surface area (Å²) >= 11 is 0. The number of aryl methyl sites for hydroxylation is 1. The van der Waals surface area contributed by atoms with Gasteiger partial charge in [0.1, 0.15) is 24.4 Å². The van der Waals surface area contributed by atoms with Crippen molar-refractivity contribution >= 4 is 5.97 Å². The highest BCUT2D eigenvalue weighted by atomic mass is 16.7. The third-order valence-electron chi connectivity index (χ3n) is 4.07. The van der Waals surface area contributed by atoms with Crippen molar-refractivity contribution in [3.05, 3.63) is 17.7 Å². The standard InChI is InChI=1S/C15H18O9/c16-5-8-10(19)11(20)12(21)15(22-8)24-14-7(17)3-1-6-2-4-9(18)23-13(6)14/h1,3,8,10-12,15-17,19-21H,2,4-5H2. The highest BCUT2D eigenvalue weighted by molar-refractivity contribution is 5.77. The zero-order valence-corrected chi connectivity index (χ0v) is 12.5. The van der Waals surface area contributed by atoms with Gasteiger partial charge in [0.15, 0.2) is 11.5 Å². The van der Waals surface area contributed by atoms with Gasteiger partial charge >= 0.3 is 5.97 Å². The van der Waals surface area contributed by atoms with Gasteiger partial charge in [-0.15, -0.1) is 0 Å². The molecular formula is C15H18O9. The molecule has 2 aliphatic heterocycles. The Kier molecular flexibility index (Phi) is 4.61. The Balaban J connectivity index is 1.89. The van der Waals surface area contributed by atoms with Gasteiger partial charge in [0.2, 0.25) is 12.0 Å². The lowest BCUT2D eigenvalue weighted by Gasteiger charge is -2.39. The molecule has 0 amide bonds. The number of ether oxygens (including phenoxy) is 3. The summed E-state index contributed by atoms with van der Waals surface area (Å²) in [6.07, 6.45) is -6.84. The molecule has 1 fully saturated rings. The molecule has 0 saturated carbocycles. The van der Waals surface area contributed by atoms with Crippen molar-refractivity contribution in [1.29, 1.82) is 0 Å². The van der Waals surface area contributed by atoms with E-state index in [-0.39, 0.29) is 23.7 Å². The van der Waals surface area contributed by atoms with Crippen LogP contribution in [0.1, 0.15) is 12.0 Å². The fourth-order valence-corrected chi connectivity index (χ4v) is 2.70. The van der Waals surface area contributed by atoms with E-state index in [2.05, 4.69) is 0 Å². The van der Waals surface area contributed by atoms with Gasteiger partial charge in [-0.25, -0.2) is 0 Å². The van der Waals surface area contributed by atoms with Crippen molar-refractivity contribution in [3.63, 3.8) is 0 Å². The molecule has 1 aromatic carbocycles. The quantitative estimate of drug-likeness (QED) is 0.324. The normalized spacial score (nSPS) is 32.8. The SMILES string of the molecule is O=C1CCc2ccc(O)c(OC3OC(CO)C(O)C(O)C3O)c2O1. The number of hydrogen-bond acceptors (Lipinski definition) is 9. The van der Waals surface area contributed by atoms with Crippen molar-refractivity contribution < 1.29 is 44.5 Å². The van der Waals surface area contributed by atoms with Crippen LogP contribution in [0.3, 0.4) is 0 Å². The molecule has 0 radical (unpaired) electrons. The first-order valence-corrected chi connectivity index (χ1v) is 7.45. The number of carbonyl (C=O) groups is 1. The van der Waals surface area contributed by atoms with E-state index < -0.39 is 43.3 Å². The monoisotopic (exact) mass is 342 g/mol. The van der Waals surface area contributed by atoms with E-state index in [0.29, 0.717) is 12.0 Å². The lowest BCUT2D eigenvalue weighted by atomic mass is 9.99. The Labute approximate surface area is 136 Å². The van der Waals surface area contributed by atoms with Crippen LogP contribution in [-0.4, -0.2) is 68.8 Å². The number of phenols is 1. The van der Waals surface area contributed by atoms with E-state index in [1.807, 2.05) is 0 Å². The van der Waals surface area contributed by atoms with Crippen molar-refractivity contribution in [2.24, 2.45) is 0 Å². The first-order chi connectivity index (χ1) is 11.4. The molecule has 9 heteroatoms. The average Bonchev–Trinajstić information content (AvgIpc) is 2.57. The summed E-state index contributed by atoms with van der Waals surface area (Å²) in [4.78, 5) is 11.5. The van der Waals surface area contributed by atoms with Crippen molar-refractivity contribution in [2.45, 2.75) is 43.5 Å². The fourth-order valence-electron chi connectivity index (χ4n) is 2.70. The van der Waals surface area contributed by atoms with Crippen LogP contribution in [0.5, 0.6) is 17.2 Å². The number of aromatic hydroxyl groups is 1. The van der Waals surface area contributed by atoms with Crippen molar-refractivity contribution in [3.8, 4) is 17.2 Å². The van der Waals surface area contributed by atoms with E-state index in [9.17, 15) is 30.3 Å². The van der Waals surface area contributed by atoms with Crippen LogP contribution in [0.25, 0.3) is 0 Å². The number of benzene rings is 1. The van der Waals surface area contributed by atoms with Gasteiger partial charge in [-0.3, -0.25) is 4.79 Å². The van der Waals surface area contributed by atoms with Gasteiger partial charge < -0.3 is 39.7 Å². The number of phenolic OH excluding ortho intramolecular Hbond substituents is 1. The molecule has 5 unspecified atom stereocenters. The highest BCUT2D eigenvalue weighted by Gasteiger charge is 2.45. The zero-order chi connectivity index (χ0) is 17.4. The van der Waals surface area contributed by atoms with Crippen LogP contribution >= 0.6 is 0 Å². The molecule has 0 aromatic heterocycles. The lowest BCUT2D eigenvalue weighted by molar-refractivity contribution is -0.277. The van der Waals surface area contributed by atoms with E-state index >= 15 is 0 Å². The molecule has 0 aliphatic carbocycles. The minimum Gasteiger partial charge on any atom is -0.504 e. The minimum absolute atomic E-state index is 0.0169. The van der Waals surface area contributed by atoms with Crippen LogP contribution < -0.4 is 9.47 Å². The van der Waals surface area contributed by atoms with Gasteiger partial charge in [-0.2, -0.15) is 0 Å². The Morgan fingerprint density at radius 2 is 1.88 bits per heavy atom. The molecule has 9 nitrogen and oxygen atoms in total. The Morgan fingerprint density at radius 1 is 1.12 bits per heavy atom. The third kappa shape index (κ3) is 2.92. The first kappa shape index (κ1) is 16.9. The maximum absolute atomic E-state index is 11.5. The number of carbonyl (C=O) groups excluding carboxylic acids is 1. The average molecular weight is 342 g/mol. The van der Waals surface area contributed by atoms with Gasteiger partial charge in [0, 0.05) is 0 Å².